The number of nitrogens with one attached hydrogen (secondary N) is 1. The van der Waals surface area contributed by atoms with Gasteiger partial charge in [0.1, 0.15) is 5.82 Å². The first kappa shape index (κ1) is 20.2. The Morgan fingerprint density at radius 2 is 1.42 bits per heavy atom. The van der Waals surface area contributed by atoms with Gasteiger partial charge in [0.15, 0.2) is 10.9 Å². The van der Waals surface area contributed by atoms with E-state index in [1.165, 1.54) is 18.2 Å². The highest BCUT2D eigenvalue weighted by Crippen LogP contribution is 2.27. The molecule has 1 heterocycles. The molecule has 31 heavy (non-hydrogen) atoms. The van der Waals surface area contributed by atoms with Crippen LogP contribution in [0.15, 0.2) is 101 Å². The summed E-state index contributed by atoms with van der Waals surface area (Å²) in [6.45, 7) is 0. The molecule has 0 bridgehead atoms. The first-order valence-corrected chi connectivity index (χ1v) is 10.7. The maximum absolute atomic E-state index is 13.2. The van der Waals surface area contributed by atoms with Crippen LogP contribution in [0.3, 0.4) is 0 Å². The van der Waals surface area contributed by atoms with Crippen molar-refractivity contribution in [1.29, 1.82) is 0 Å². The van der Waals surface area contributed by atoms with E-state index in [0.29, 0.717) is 11.4 Å². The zero-order valence-corrected chi connectivity index (χ0v) is 16.9. The second-order valence-corrected chi connectivity index (χ2v) is 8.42. The van der Waals surface area contributed by atoms with Crippen LogP contribution in [0.25, 0.3) is 11.4 Å². The van der Waals surface area contributed by atoms with Crippen molar-refractivity contribution in [2.24, 2.45) is 0 Å². The van der Waals surface area contributed by atoms with E-state index < -0.39 is 14.8 Å². The quantitative estimate of drug-likeness (QED) is 0.268. The van der Waals surface area contributed by atoms with E-state index in [1.54, 1.807) is 24.3 Å². The van der Waals surface area contributed by atoms with E-state index in [2.05, 4.69) is 15.3 Å². The molecular formula is C22H16N4O4S. The van der Waals surface area contributed by atoms with Crippen molar-refractivity contribution < 1.29 is 13.3 Å². The molecule has 0 fully saturated rings. The van der Waals surface area contributed by atoms with Gasteiger partial charge in [-0.3, -0.25) is 10.1 Å². The predicted molar refractivity (Wildman–Crippen MR) is 116 cm³/mol. The molecule has 1 N–H and O–H groups in total. The summed E-state index contributed by atoms with van der Waals surface area (Å²) in [6, 6.07) is 24.3. The lowest BCUT2D eigenvalue weighted by atomic mass is 10.2. The second-order valence-electron chi connectivity index (χ2n) is 6.53. The van der Waals surface area contributed by atoms with Gasteiger partial charge in [-0.15, -0.1) is 0 Å². The zero-order chi connectivity index (χ0) is 21.8. The second kappa shape index (κ2) is 8.33. The Morgan fingerprint density at radius 3 is 2.03 bits per heavy atom. The summed E-state index contributed by atoms with van der Waals surface area (Å²) < 4.78 is 26.4. The van der Waals surface area contributed by atoms with Crippen LogP contribution in [0.1, 0.15) is 0 Å². The fourth-order valence-corrected chi connectivity index (χ4v) is 4.09. The highest BCUT2D eigenvalue weighted by Gasteiger charge is 2.23. The van der Waals surface area contributed by atoms with Crippen LogP contribution in [0.2, 0.25) is 0 Å². The summed E-state index contributed by atoms with van der Waals surface area (Å²) in [7, 11) is -4.04. The molecule has 0 aliphatic carbocycles. The van der Waals surface area contributed by atoms with E-state index in [9.17, 15) is 18.5 Å². The summed E-state index contributed by atoms with van der Waals surface area (Å²) in [4.78, 5) is 18.9. The van der Waals surface area contributed by atoms with Gasteiger partial charge in [0.2, 0.25) is 9.84 Å². The highest BCUT2D eigenvalue weighted by atomic mass is 32.2. The van der Waals surface area contributed by atoms with Gasteiger partial charge >= 0.3 is 0 Å². The molecule has 1 aromatic heterocycles. The Kier molecular flexibility index (Phi) is 5.42. The number of rotatable bonds is 6. The molecule has 0 saturated carbocycles. The lowest BCUT2D eigenvalue weighted by Crippen LogP contribution is -2.08. The number of nitro benzene ring substituents is 1. The van der Waals surface area contributed by atoms with Crippen LogP contribution in [-0.4, -0.2) is 23.3 Å². The molecule has 0 amide bonds. The zero-order valence-electron chi connectivity index (χ0n) is 16.0. The number of benzene rings is 3. The summed E-state index contributed by atoms with van der Waals surface area (Å²) in [5.74, 6) is 0.544. The first-order chi connectivity index (χ1) is 14.9. The first-order valence-electron chi connectivity index (χ1n) is 9.19. The number of non-ortho nitro benzene ring substituents is 1. The van der Waals surface area contributed by atoms with Crippen LogP contribution in [-0.2, 0) is 9.84 Å². The molecular weight excluding hydrogens is 416 g/mol. The van der Waals surface area contributed by atoms with Crippen LogP contribution in [0.5, 0.6) is 0 Å². The molecule has 0 saturated heterocycles. The van der Waals surface area contributed by atoms with E-state index in [0.717, 1.165) is 17.8 Å². The Morgan fingerprint density at radius 1 is 0.806 bits per heavy atom. The van der Waals surface area contributed by atoms with E-state index in [1.807, 2.05) is 36.4 Å². The van der Waals surface area contributed by atoms with Gasteiger partial charge in [-0.25, -0.2) is 18.4 Å². The van der Waals surface area contributed by atoms with Crippen LogP contribution < -0.4 is 5.32 Å². The van der Waals surface area contributed by atoms with Gasteiger partial charge in [0.05, 0.1) is 9.82 Å². The monoisotopic (exact) mass is 432 g/mol. The largest absolute Gasteiger partial charge is 0.340 e. The summed E-state index contributed by atoms with van der Waals surface area (Å²) in [6.07, 6.45) is 0. The number of hydrogen-bond acceptors (Lipinski definition) is 7. The number of nitro groups is 1. The molecule has 0 aliphatic rings. The predicted octanol–water partition coefficient (Wildman–Crippen LogP) is 4.63. The molecule has 3 aromatic carbocycles. The smallest absolute Gasteiger partial charge is 0.269 e. The van der Waals surface area contributed by atoms with Crippen LogP contribution >= 0.6 is 0 Å². The minimum atomic E-state index is -4.04. The third kappa shape index (κ3) is 4.41. The van der Waals surface area contributed by atoms with Gasteiger partial charge in [-0.2, -0.15) is 0 Å². The van der Waals surface area contributed by atoms with Crippen LogP contribution in [0, 0.1) is 10.1 Å². The molecule has 4 aromatic rings. The Hall–Kier alpha value is -4.11. The van der Waals surface area contributed by atoms with E-state index >= 15 is 0 Å². The molecule has 8 nitrogen and oxygen atoms in total. The number of sulfone groups is 1. The molecule has 154 valence electrons. The van der Waals surface area contributed by atoms with E-state index in [-0.39, 0.29) is 21.4 Å². The van der Waals surface area contributed by atoms with Gasteiger partial charge in [-0.1, -0.05) is 48.5 Å². The van der Waals surface area contributed by atoms with Crippen molar-refractivity contribution in [3.63, 3.8) is 0 Å². The third-order valence-electron chi connectivity index (χ3n) is 4.41. The van der Waals surface area contributed by atoms with Gasteiger partial charge in [-0.05, 0) is 24.3 Å². The van der Waals surface area contributed by atoms with Gasteiger partial charge in [0, 0.05) is 29.4 Å². The normalized spacial score (nSPS) is 11.1. The van der Waals surface area contributed by atoms with Gasteiger partial charge in [0.25, 0.3) is 5.69 Å². The van der Waals surface area contributed by atoms with Crippen molar-refractivity contribution in [2.45, 2.75) is 9.92 Å². The standard InChI is InChI=1S/C22H16N4O4S/c27-26(28)18-11-13-19(14-12-18)31(29,30)21-15-20(23-17-9-5-2-6-10-17)24-22(25-21)16-7-3-1-4-8-16/h1-15H,(H,23,24,25). The topological polar surface area (TPSA) is 115 Å². The average Bonchev–Trinajstić information content (AvgIpc) is 2.80. The number of aromatic nitrogens is 2. The van der Waals surface area contributed by atoms with Crippen molar-refractivity contribution in [3.05, 3.63) is 101 Å². The number of anilines is 2. The van der Waals surface area contributed by atoms with Crippen molar-refractivity contribution >= 4 is 27.0 Å². The van der Waals surface area contributed by atoms with Gasteiger partial charge < -0.3 is 5.32 Å². The molecule has 0 spiro atoms. The maximum atomic E-state index is 13.2. The molecule has 0 unspecified atom stereocenters. The highest BCUT2D eigenvalue weighted by molar-refractivity contribution is 7.91. The summed E-state index contributed by atoms with van der Waals surface area (Å²) >= 11 is 0. The minimum Gasteiger partial charge on any atom is -0.340 e. The molecule has 0 atom stereocenters. The third-order valence-corrected chi connectivity index (χ3v) is 6.07. The Labute approximate surface area is 178 Å². The van der Waals surface area contributed by atoms with E-state index in [4.69, 9.17) is 0 Å². The number of para-hydroxylation sites is 1. The lowest BCUT2D eigenvalue weighted by molar-refractivity contribution is -0.384. The van der Waals surface area contributed by atoms with Crippen molar-refractivity contribution in [2.75, 3.05) is 5.32 Å². The van der Waals surface area contributed by atoms with Crippen LogP contribution in [0.4, 0.5) is 17.2 Å². The molecule has 0 radical (unpaired) electrons. The summed E-state index contributed by atoms with van der Waals surface area (Å²) in [5.41, 5.74) is 1.19. The maximum Gasteiger partial charge on any atom is 0.269 e. The minimum absolute atomic E-state index is 0.0959. The molecule has 9 heteroatoms. The fourth-order valence-electron chi connectivity index (χ4n) is 2.88. The number of nitrogens with zero attached hydrogens (tertiary/aromatic N) is 3. The Balaban J connectivity index is 1.82. The Bertz CT molecular complexity index is 1330. The van der Waals surface area contributed by atoms with Crippen molar-refractivity contribution in [1.82, 2.24) is 9.97 Å². The summed E-state index contributed by atoms with van der Waals surface area (Å²) in [5, 5.41) is 13.8. The lowest BCUT2D eigenvalue weighted by Gasteiger charge is -2.11. The fraction of sp³-hybridized carbons (Fsp3) is 0. The molecule has 0 aliphatic heterocycles. The SMILES string of the molecule is O=[N+]([O-])c1ccc(S(=O)(=O)c2cc(Nc3ccccc3)nc(-c3ccccc3)n2)cc1. The number of hydrogen-bond donors (Lipinski definition) is 1. The molecule has 4 rings (SSSR count). The average molecular weight is 432 g/mol. The van der Waals surface area contributed by atoms with Crippen molar-refractivity contribution in [3.8, 4) is 11.4 Å².